The van der Waals surface area contributed by atoms with Crippen molar-refractivity contribution in [2.45, 2.75) is 18.8 Å². The topological polar surface area (TPSA) is 98.7 Å². The van der Waals surface area contributed by atoms with Gasteiger partial charge in [0, 0.05) is 46.8 Å². The Balaban J connectivity index is 1.93. The van der Waals surface area contributed by atoms with E-state index in [0.717, 1.165) is 37.7 Å². The summed E-state index contributed by atoms with van der Waals surface area (Å²) in [5.74, 6) is 2.09. The molecule has 1 fully saturated rings. The van der Waals surface area contributed by atoms with Gasteiger partial charge in [0.2, 0.25) is 5.91 Å². The van der Waals surface area contributed by atoms with Gasteiger partial charge < -0.3 is 19.9 Å². The second kappa shape index (κ2) is 9.21. The Morgan fingerprint density at radius 3 is 2.83 bits per heavy atom. The first-order valence-electron chi connectivity index (χ1n) is 8.19. The van der Waals surface area contributed by atoms with Gasteiger partial charge in [-0.25, -0.2) is 9.98 Å². The van der Waals surface area contributed by atoms with Crippen molar-refractivity contribution in [1.82, 2.24) is 30.3 Å². The first-order valence-corrected chi connectivity index (χ1v) is 8.19. The van der Waals surface area contributed by atoms with Crippen LogP contribution in [0.25, 0.3) is 0 Å². The number of amides is 1. The average Bonchev–Trinajstić information content (AvgIpc) is 3.12. The summed E-state index contributed by atoms with van der Waals surface area (Å²) < 4.78 is 5.08. The molecule has 2 heterocycles. The van der Waals surface area contributed by atoms with Crippen LogP contribution in [0.3, 0.4) is 0 Å². The number of carbonyl (C=O) groups is 1. The number of rotatable bonds is 6. The van der Waals surface area contributed by atoms with Crippen molar-refractivity contribution in [2.24, 2.45) is 4.99 Å². The van der Waals surface area contributed by atoms with Crippen LogP contribution in [-0.4, -0.2) is 90.8 Å². The SMILES string of the molecule is COCCNC(=NCC(=O)N(C)C)N1CCC(c2ncn[nH]2)CC1. The second-order valence-corrected chi connectivity index (χ2v) is 5.98. The molecule has 1 aromatic heterocycles. The largest absolute Gasteiger partial charge is 0.383 e. The van der Waals surface area contributed by atoms with Gasteiger partial charge in [-0.1, -0.05) is 0 Å². The van der Waals surface area contributed by atoms with E-state index in [2.05, 4.69) is 30.4 Å². The van der Waals surface area contributed by atoms with Gasteiger partial charge >= 0.3 is 0 Å². The quantitative estimate of drug-likeness (QED) is 0.419. The first-order chi connectivity index (χ1) is 11.6. The van der Waals surface area contributed by atoms with Gasteiger partial charge in [-0.15, -0.1) is 0 Å². The van der Waals surface area contributed by atoms with Crippen molar-refractivity contribution in [3.63, 3.8) is 0 Å². The molecule has 0 radical (unpaired) electrons. The standard InChI is InChI=1S/C15H27N7O2/c1-21(2)13(23)10-17-15(16-6-9-24-3)22-7-4-12(5-8-22)14-18-11-19-20-14/h11-12H,4-10H2,1-3H3,(H,16,17)(H,18,19,20). The summed E-state index contributed by atoms with van der Waals surface area (Å²) in [5.41, 5.74) is 0. The van der Waals surface area contributed by atoms with Crippen molar-refractivity contribution in [1.29, 1.82) is 0 Å². The zero-order valence-electron chi connectivity index (χ0n) is 14.7. The minimum Gasteiger partial charge on any atom is -0.383 e. The number of H-pyrrole nitrogens is 1. The summed E-state index contributed by atoms with van der Waals surface area (Å²) >= 11 is 0. The molecule has 134 valence electrons. The monoisotopic (exact) mass is 337 g/mol. The van der Waals surface area contributed by atoms with E-state index in [1.807, 2.05) is 0 Å². The lowest BCUT2D eigenvalue weighted by Gasteiger charge is -2.33. The minimum absolute atomic E-state index is 0.0161. The van der Waals surface area contributed by atoms with Crippen molar-refractivity contribution < 1.29 is 9.53 Å². The fourth-order valence-electron chi connectivity index (χ4n) is 2.59. The molecule has 2 rings (SSSR count). The Morgan fingerprint density at radius 2 is 2.25 bits per heavy atom. The Bertz CT molecular complexity index is 522. The number of likely N-dealkylation sites (N-methyl/N-ethyl adjacent to an activating group) is 1. The Kier molecular flexibility index (Phi) is 6.98. The summed E-state index contributed by atoms with van der Waals surface area (Å²) in [7, 11) is 5.13. The van der Waals surface area contributed by atoms with Crippen LogP contribution in [0.4, 0.5) is 0 Å². The van der Waals surface area contributed by atoms with E-state index in [4.69, 9.17) is 4.74 Å². The highest BCUT2D eigenvalue weighted by Gasteiger charge is 2.24. The van der Waals surface area contributed by atoms with Gasteiger partial charge in [-0.05, 0) is 12.8 Å². The molecule has 0 aliphatic carbocycles. The number of aliphatic imine (C=N–C) groups is 1. The number of guanidine groups is 1. The van der Waals surface area contributed by atoms with Crippen molar-refractivity contribution in [3.8, 4) is 0 Å². The molecular formula is C15H27N7O2. The molecule has 1 aliphatic heterocycles. The second-order valence-electron chi connectivity index (χ2n) is 5.98. The molecule has 0 spiro atoms. The number of piperidine rings is 1. The summed E-state index contributed by atoms with van der Waals surface area (Å²) in [6, 6.07) is 0. The number of nitrogens with zero attached hydrogens (tertiary/aromatic N) is 5. The number of hydrogen-bond acceptors (Lipinski definition) is 5. The number of hydrogen-bond donors (Lipinski definition) is 2. The van der Waals surface area contributed by atoms with Gasteiger partial charge in [-0.2, -0.15) is 5.10 Å². The molecule has 1 saturated heterocycles. The summed E-state index contributed by atoms with van der Waals surface area (Å²) in [6.45, 7) is 3.12. The number of carbonyl (C=O) groups excluding carboxylic acids is 1. The number of aromatic nitrogens is 3. The summed E-state index contributed by atoms with van der Waals surface area (Å²) in [5, 5.41) is 10.2. The van der Waals surface area contributed by atoms with Crippen LogP contribution in [0.2, 0.25) is 0 Å². The lowest BCUT2D eigenvalue weighted by atomic mass is 9.96. The maximum atomic E-state index is 11.8. The molecule has 0 atom stereocenters. The molecule has 24 heavy (non-hydrogen) atoms. The highest BCUT2D eigenvalue weighted by atomic mass is 16.5. The fourth-order valence-corrected chi connectivity index (χ4v) is 2.59. The lowest BCUT2D eigenvalue weighted by Crippen LogP contribution is -2.46. The molecule has 0 unspecified atom stereocenters. The van der Waals surface area contributed by atoms with Crippen molar-refractivity contribution >= 4 is 11.9 Å². The Hall–Kier alpha value is -2.16. The number of nitrogens with one attached hydrogen (secondary N) is 2. The highest BCUT2D eigenvalue weighted by molar-refractivity contribution is 5.84. The van der Waals surface area contributed by atoms with E-state index in [-0.39, 0.29) is 12.5 Å². The van der Waals surface area contributed by atoms with E-state index in [9.17, 15) is 4.79 Å². The highest BCUT2D eigenvalue weighted by Crippen LogP contribution is 2.24. The first kappa shape index (κ1) is 18.2. The normalized spacial score (nSPS) is 16.3. The fraction of sp³-hybridized carbons (Fsp3) is 0.733. The molecule has 1 aromatic rings. The smallest absolute Gasteiger partial charge is 0.243 e. The van der Waals surface area contributed by atoms with Gasteiger partial charge in [0.1, 0.15) is 18.7 Å². The zero-order valence-corrected chi connectivity index (χ0v) is 14.7. The van der Waals surface area contributed by atoms with Crippen LogP contribution >= 0.6 is 0 Å². The van der Waals surface area contributed by atoms with Crippen LogP contribution in [0, 0.1) is 0 Å². The van der Waals surface area contributed by atoms with E-state index in [0.29, 0.717) is 19.1 Å². The average molecular weight is 337 g/mol. The summed E-state index contributed by atoms with van der Waals surface area (Å²) in [6.07, 6.45) is 3.50. The number of aromatic amines is 1. The number of likely N-dealkylation sites (tertiary alicyclic amines) is 1. The minimum atomic E-state index is -0.0161. The third-order valence-electron chi connectivity index (χ3n) is 4.07. The molecule has 0 saturated carbocycles. The lowest BCUT2D eigenvalue weighted by molar-refractivity contribution is -0.127. The number of ether oxygens (including phenoxy) is 1. The van der Waals surface area contributed by atoms with Crippen molar-refractivity contribution in [2.75, 3.05) is 54.0 Å². The molecule has 9 heteroatoms. The van der Waals surface area contributed by atoms with Crippen molar-refractivity contribution in [3.05, 3.63) is 12.2 Å². The molecule has 0 aromatic carbocycles. The van der Waals surface area contributed by atoms with Gasteiger partial charge in [0.15, 0.2) is 5.96 Å². The van der Waals surface area contributed by atoms with Crippen LogP contribution in [0.15, 0.2) is 11.3 Å². The van der Waals surface area contributed by atoms with E-state index in [1.165, 1.54) is 0 Å². The maximum absolute atomic E-state index is 11.8. The third kappa shape index (κ3) is 5.19. The molecule has 1 aliphatic rings. The third-order valence-corrected chi connectivity index (χ3v) is 4.07. The van der Waals surface area contributed by atoms with Gasteiger partial charge in [-0.3, -0.25) is 9.89 Å². The van der Waals surface area contributed by atoms with Crippen LogP contribution in [0.5, 0.6) is 0 Å². The molecular weight excluding hydrogens is 310 g/mol. The van der Waals surface area contributed by atoms with E-state index < -0.39 is 0 Å². The Labute approximate surface area is 142 Å². The van der Waals surface area contributed by atoms with E-state index in [1.54, 1.807) is 32.4 Å². The van der Waals surface area contributed by atoms with Crippen LogP contribution < -0.4 is 5.32 Å². The zero-order chi connectivity index (χ0) is 17.4. The molecule has 1 amide bonds. The van der Waals surface area contributed by atoms with Gasteiger partial charge in [0.05, 0.1) is 6.61 Å². The molecule has 2 N–H and O–H groups in total. The van der Waals surface area contributed by atoms with Crippen LogP contribution in [-0.2, 0) is 9.53 Å². The van der Waals surface area contributed by atoms with Gasteiger partial charge in [0.25, 0.3) is 0 Å². The predicted octanol–water partition coefficient (Wildman–Crippen LogP) is -0.336. The Morgan fingerprint density at radius 1 is 1.50 bits per heavy atom. The predicted molar refractivity (Wildman–Crippen MR) is 90.8 cm³/mol. The maximum Gasteiger partial charge on any atom is 0.243 e. The molecule has 9 nitrogen and oxygen atoms in total. The summed E-state index contributed by atoms with van der Waals surface area (Å²) in [4.78, 5) is 24.3. The molecule has 0 bridgehead atoms. The van der Waals surface area contributed by atoms with Crippen LogP contribution in [0.1, 0.15) is 24.6 Å². The van der Waals surface area contributed by atoms with E-state index >= 15 is 0 Å². The number of methoxy groups -OCH3 is 1.